The quantitative estimate of drug-likeness (QED) is 0.734. The lowest BCUT2D eigenvalue weighted by Gasteiger charge is -2.08. The summed E-state index contributed by atoms with van der Waals surface area (Å²) in [5.74, 6) is 0.591. The van der Waals surface area contributed by atoms with Gasteiger partial charge in [-0.3, -0.25) is 9.59 Å². The van der Waals surface area contributed by atoms with Gasteiger partial charge in [0.25, 0.3) is 5.91 Å². The van der Waals surface area contributed by atoms with E-state index in [1.807, 2.05) is 24.3 Å². The van der Waals surface area contributed by atoms with Crippen molar-refractivity contribution in [1.29, 1.82) is 0 Å². The van der Waals surface area contributed by atoms with Crippen LogP contribution in [0.4, 0.5) is 0 Å². The van der Waals surface area contributed by atoms with Crippen molar-refractivity contribution in [3.8, 4) is 5.75 Å². The zero-order valence-electron chi connectivity index (χ0n) is 14.5. The molecule has 2 N–H and O–H groups in total. The second kappa shape index (κ2) is 8.23. The summed E-state index contributed by atoms with van der Waals surface area (Å²) in [6.07, 6.45) is 0.811. The van der Waals surface area contributed by atoms with Crippen LogP contribution >= 0.6 is 11.6 Å². The first kappa shape index (κ1) is 18.3. The topological polar surface area (TPSA) is 67.4 Å². The number of hydrogen-bond acceptors (Lipinski definition) is 3. The molecule has 1 fully saturated rings. The molecule has 5 nitrogen and oxygen atoms in total. The van der Waals surface area contributed by atoms with E-state index in [2.05, 4.69) is 10.6 Å². The highest BCUT2D eigenvalue weighted by molar-refractivity contribution is 6.31. The number of nitrogens with one attached hydrogen (secondary N) is 2. The van der Waals surface area contributed by atoms with E-state index >= 15 is 0 Å². The molecule has 0 saturated heterocycles. The van der Waals surface area contributed by atoms with Crippen molar-refractivity contribution in [3.63, 3.8) is 0 Å². The molecule has 2 atom stereocenters. The van der Waals surface area contributed by atoms with Crippen molar-refractivity contribution in [1.82, 2.24) is 10.6 Å². The molecule has 0 heterocycles. The van der Waals surface area contributed by atoms with Crippen LogP contribution in [0.5, 0.6) is 5.75 Å². The summed E-state index contributed by atoms with van der Waals surface area (Å²) in [6.45, 7) is 0.756. The van der Waals surface area contributed by atoms with Crippen LogP contribution in [0.3, 0.4) is 0 Å². The maximum Gasteiger partial charge on any atom is 0.251 e. The number of methoxy groups -OCH3 is 1. The second-order valence-electron chi connectivity index (χ2n) is 6.25. The molecular formula is C20H21ClN2O3. The molecule has 2 unspecified atom stereocenters. The minimum atomic E-state index is -0.196. The third-order valence-corrected chi connectivity index (χ3v) is 4.82. The van der Waals surface area contributed by atoms with Gasteiger partial charge >= 0.3 is 0 Å². The second-order valence-corrected chi connectivity index (χ2v) is 6.66. The highest BCUT2D eigenvalue weighted by atomic mass is 35.5. The molecule has 0 spiro atoms. The lowest BCUT2D eigenvalue weighted by molar-refractivity contribution is -0.122. The summed E-state index contributed by atoms with van der Waals surface area (Å²) in [7, 11) is 1.56. The summed E-state index contributed by atoms with van der Waals surface area (Å²) in [5.41, 5.74) is 1.55. The van der Waals surface area contributed by atoms with Crippen LogP contribution in [0.25, 0.3) is 0 Å². The van der Waals surface area contributed by atoms with Crippen LogP contribution < -0.4 is 15.4 Å². The predicted molar refractivity (Wildman–Crippen MR) is 101 cm³/mol. The molecule has 3 rings (SSSR count). The Morgan fingerprint density at radius 2 is 1.88 bits per heavy atom. The Bertz CT molecular complexity index is 809. The number of ether oxygens (including phenoxy) is 1. The van der Waals surface area contributed by atoms with Crippen LogP contribution in [0.15, 0.2) is 48.5 Å². The Kier molecular flexibility index (Phi) is 5.78. The van der Waals surface area contributed by atoms with Gasteiger partial charge < -0.3 is 15.4 Å². The summed E-state index contributed by atoms with van der Waals surface area (Å²) in [5, 5.41) is 6.37. The molecule has 26 heavy (non-hydrogen) atoms. The van der Waals surface area contributed by atoms with E-state index in [0.717, 1.165) is 12.0 Å². The summed E-state index contributed by atoms with van der Waals surface area (Å²) >= 11 is 6.18. The monoisotopic (exact) mass is 372 g/mol. The van der Waals surface area contributed by atoms with Crippen molar-refractivity contribution in [2.24, 2.45) is 5.92 Å². The molecular weight excluding hydrogens is 352 g/mol. The molecule has 0 aliphatic heterocycles. The Labute approximate surface area is 157 Å². The van der Waals surface area contributed by atoms with E-state index in [1.54, 1.807) is 31.4 Å². The first-order valence-corrected chi connectivity index (χ1v) is 8.92. The maximum atomic E-state index is 12.2. The highest BCUT2D eigenvalue weighted by Crippen LogP contribution is 2.49. The number of halogens is 1. The van der Waals surface area contributed by atoms with Gasteiger partial charge in [0.15, 0.2) is 0 Å². The fourth-order valence-corrected chi connectivity index (χ4v) is 3.24. The molecule has 0 bridgehead atoms. The molecule has 2 aromatic carbocycles. The van der Waals surface area contributed by atoms with Gasteiger partial charge in [-0.15, -0.1) is 0 Å². The maximum absolute atomic E-state index is 12.2. The molecule has 2 aromatic rings. The van der Waals surface area contributed by atoms with Gasteiger partial charge in [0.05, 0.1) is 7.11 Å². The van der Waals surface area contributed by atoms with Gasteiger partial charge in [0.2, 0.25) is 5.91 Å². The Morgan fingerprint density at radius 1 is 1.12 bits per heavy atom. The number of hydrogen-bond donors (Lipinski definition) is 2. The minimum Gasteiger partial charge on any atom is -0.497 e. The Morgan fingerprint density at radius 3 is 2.65 bits per heavy atom. The predicted octanol–water partition coefficient (Wildman–Crippen LogP) is 3.00. The molecule has 1 saturated carbocycles. The van der Waals surface area contributed by atoms with Gasteiger partial charge in [0, 0.05) is 29.6 Å². The van der Waals surface area contributed by atoms with Gasteiger partial charge in [-0.25, -0.2) is 0 Å². The molecule has 2 amide bonds. The van der Waals surface area contributed by atoms with Crippen LogP contribution in [-0.4, -0.2) is 32.0 Å². The zero-order chi connectivity index (χ0) is 18.5. The number of carbonyl (C=O) groups is 2. The van der Waals surface area contributed by atoms with E-state index in [9.17, 15) is 9.59 Å². The minimum absolute atomic E-state index is 0.00514. The number of carbonyl (C=O) groups excluding carboxylic acids is 2. The lowest BCUT2D eigenvalue weighted by Crippen LogP contribution is -2.35. The summed E-state index contributed by atoms with van der Waals surface area (Å²) in [4.78, 5) is 24.3. The lowest BCUT2D eigenvalue weighted by atomic mass is 10.1. The van der Waals surface area contributed by atoms with Crippen LogP contribution in [-0.2, 0) is 4.79 Å². The van der Waals surface area contributed by atoms with Gasteiger partial charge in [-0.05, 0) is 42.2 Å². The third kappa shape index (κ3) is 4.35. The van der Waals surface area contributed by atoms with Crippen LogP contribution in [0.2, 0.25) is 5.02 Å². The van der Waals surface area contributed by atoms with E-state index in [1.165, 1.54) is 0 Å². The van der Waals surface area contributed by atoms with E-state index in [0.29, 0.717) is 29.4 Å². The number of amides is 2. The van der Waals surface area contributed by atoms with Crippen LogP contribution in [0, 0.1) is 5.92 Å². The van der Waals surface area contributed by atoms with Crippen molar-refractivity contribution in [2.45, 2.75) is 12.3 Å². The molecule has 0 radical (unpaired) electrons. The highest BCUT2D eigenvalue weighted by Gasteiger charge is 2.44. The normalized spacial score (nSPS) is 18.1. The van der Waals surface area contributed by atoms with E-state index in [-0.39, 0.29) is 23.7 Å². The summed E-state index contributed by atoms with van der Waals surface area (Å²) in [6, 6.07) is 14.6. The fourth-order valence-electron chi connectivity index (χ4n) is 2.96. The largest absolute Gasteiger partial charge is 0.497 e. The molecule has 136 valence electrons. The number of rotatable bonds is 7. The first-order valence-electron chi connectivity index (χ1n) is 8.54. The summed E-state index contributed by atoms with van der Waals surface area (Å²) < 4.78 is 5.10. The fraction of sp³-hybridized carbons (Fsp3) is 0.300. The zero-order valence-corrected chi connectivity index (χ0v) is 15.3. The average Bonchev–Trinajstić information content (AvgIpc) is 3.46. The first-order chi connectivity index (χ1) is 12.6. The Hall–Kier alpha value is -2.53. The Balaban J connectivity index is 1.41. The van der Waals surface area contributed by atoms with Crippen molar-refractivity contribution < 1.29 is 14.3 Å². The SMILES string of the molecule is COc1cccc(C(=O)NCCNC(=O)C2CC2c2ccccc2Cl)c1. The smallest absolute Gasteiger partial charge is 0.251 e. The van der Waals surface area contributed by atoms with Crippen molar-refractivity contribution in [2.75, 3.05) is 20.2 Å². The van der Waals surface area contributed by atoms with E-state index < -0.39 is 0 Å². The van der Waals surface area contributed by atoms with Crippen LogP contribution in [0.1, 0.15) is 28.3 Å². The van der Waals surface area contributed by atoms with Gasteiger partial charge in [-0.1, -0.05) is 35.9 Å². The molecule has 0 aromatic heterocycles. The standard InChI is InChI=1S/C20H21ClN2O3/c1-26-14-6-4-5-13(11-14)19(24)22-9-10-23-20(25)17-12-16(17)15-7-2-3-8-18(15)21/h2-8,11,16-17H,9-10,12H2,1H3,(H,22,24)(H,23,25). The molecule has 1 aliphatic rings. The van der Waals surface area contributed by atoms with Gasteiger partial charge in [0.1, 0.15) is 5.75 Å². The van der Waals surface area contributed by atoms with Gasteiger partial charge in [-0.2, -0.15) is 0 Å². The van der Waals surface area contributed by atoms with Crippen molar-refractivity contribution >= 4 is 23.4 Å². The molecule has 1 aliphatic carbocycles. The van der Waals surface area contributed by atoms with E-state index in [4.69, 9.17) is 16.3 Å². The van der Waals surface area contributed by atoms with Crippen molar-refractivity contribution in [3.05, 3.63) is 64.7 Å². The number of benzene rings is 2. The third-order valence-electron chi connectivity index (χ3n) is 4.47. The molecule has 6 heteroatoms. The average molecular weight is 373 g/mol.